The molecule has 1 aromatic heterocycles. The molecule has 1 unspecified atom stereocenters. The summed E-state index contributed by atoms with van der Waals surface area (Å²) in [7, 11) is 0. The molecule has 2 rings (SSSR count). The first-order chi connectivity index (χ1) is 7.81. The Labute approximate surface area is 100 Å². The second-order valence-corrected chi connectivity index (χ2v) is 4.86. The summed E-state index contributed by atoms with van der Waals surface area (Å²) in [5.74, 6) is 2.67. The van der Waals surface area contributed by atoms with Gasteiger partial charge in [0.2, 0.25) is 0 Å². The highest BCUT2D eigenvalue weighted by molar-refractivity contribution is 7.17. The zero-order valence-corrected chi connectivity index (χ0v) is 10.2. The molecular formula is C14H15NS. The number of terminal acetylenes is 1. The summed E-state index contributed by atoms with van der Waals surface area (Å²) in [6.07, 6.45) is 6.06. The van der Waals surface area contributed by atoms with Crippen LogP contribution < -0.4 is 5.32 Å². The number of hydrogen-bond donors (Lipinski definition) is 1. The van der Waals surface area contributed by atoms with E-state index in [9.17, 15) is 0 Å². The Morgan fingerprint density at radius 3 is 3.06 bits per heavy atom. The number of thiophene rings is 1. The van der Waals surface area contributed by atoms with Gasteiger partial charge in [-0.2, -0.15) is 0 Å². The molecule has 0 spiro atoms. The molecule has 0 aliphatic heterocycles. The number of hydrogen-bond acceptors (Lipinski definition) is 2. The average Bonchev–Trinajstić information content (AvgIpc) is 2.70. The van der Waals surface area contributed by atoms with Gasteiger partial charge in [-0.05, 0) is 29.3 Å². The standard InChI is InChI=1S/C14H15NS/c1-3-6-11(2)15-9-12-10-16-14-8-5-4-7-13(12)14/h1,4-5,7-8,10-11,15H,6,9H2,2H3. The lowest BCUT2D eigenvalue weighted by atomic mass is 10.1. The van der Waals surface area contributed by atoms with Crippen molar-refractivity contribution in [2.24, 2.45) is 0 Å². The average molecular weight is 229 g/mol. The van der Waals surface area contributed by atoms with Gasteiger partial charge in [0.1, 0.15) is 0 Å². The van der Waals surface area contributed by atoms with Crippen LogP contribution in [0.1, 0.15) is 18.9 Å². The maximum Gasteiger partial charge on any atom is 0.0346 e. The van der Waals surface area contributed by atoms with Gasteiger partial charge in [-0.1, -0.05) is 18.2 Å². The molecule has 1 N–H and O–H groups in total. The first-order valence-corrected chi connectivity index (χ1v) is 6.31. The van der Waals surface area contributed by atoms with Crippen LogP contribution in [0.2, 0.25) is 0 Å². The number of benzene rings is 1. The van der Waals surface area contributed by atoms with E-state index in [1.54, 1.807) is 11.3 Å². The number of rotatable bonds is 4. The van der Waals surface area contributed by atoms with E-state index < -0.39 is 0 Å². The van der Waals surface area contributed by atoms with E-state index in [0.29, 0.717) is 6.04 Å². The molecule has 2 aromatic rings. The fraction of sp³-hybridized carbons (Fsp3) is 0.286. The smallest absolute Gasteiger partial charge is 0.0346 e. The van der Waals surface area contributed by atoms with Crippen molar-refractivity contribution >= 4 is 21.4 Å². The Hall–Kier alpha value is -1.30. The summed E-state index contributed by atoms with van der Waals surface area (Å²) in [5, 5.41) is 7.02. The first-order valence-electron chi connectivity index (χ1n) is 5.43. The van der Waals surface area contributed by atoms with E-state index in [0.717, 1.165) is 13.0 Å². The van der Waals surface area contributed by atoms with Gasteiger partial charge in [-0.25, -0.2) is 0 Å². The predicted octanol–water partition coefficient (Wildman–Crippen LogP) is 3.40. The van der Waals surface area contributed by atoms with Crippen molar-refractivity contribution < 1.29 is 0 Å². The van der Waals surface area contributed by atoms with E-state index in [1.807, 2.05) is 0 Å². The van der Waals surface area contributed by atoms with E-state index in [-0.39, 0.29) is 0 Å². The molecule has 16 heavy (non-hydrogen) atoms. The molecular weight excluding hydrogens is 214 g/mol. The third kappa shape index (κ3) is 2.44. The van der Waals surface area contributed by atoms with Crippen molar-refractivity contribution in [2.75, 3.05) is 0 Å². The van der Waals surface area contributed by atoms with Gasteiger partial charge in [-0.3, -0.25) is 0 Å². The largest absolute Gasteiger partial charge is 0.309 e. The molecule has 82 valence electrons. The van der Waals surface area contributed by atoms with Crippen LogP contribution in [0.15, 0.2) is 29.6 Å². The van der Waals surface area contributed by atoms with E-state index >= 15 is 0 Å². The van der Waals surface area contributed by atoms with Crippen molar-refractivity contribution in [1.29, 1.82) is 0 Å². The highest BCUT2D eigenvalue weighted by Gasteiger charge is 2.04. The van der Waals surface area contributed by atoms with Gasteiger partial charge in [0, 0.05) is 23.7 Å². The fourth-order valence-electron chi connectivity index (χ4n) is 1.70. The molecule has 0 bridgehead atoms. The summed E-state index contributed by atoms with van der Waals surface area (Å²) >= 11 is 1.80. The molecule has 0 amide bonds. The normalized spacial score (nSPS) is 12.5. The monoisotopic (exact) mass is 229 g/mol. The Balaban J connectivity index is 2.08. The Bertz CT molecular complexity index is 507. The minimum absolute atomic E-state index is 0.378. The summed E-state index contributed by atoms with van der Waals surface area (Å²) in [4.78, 5) is 0. The minimum Gasteiger partial charge on any atom is -0.309 e. The third-order valence-electron chi connectivity index (χ3n) is 2.63. The van der Waals surface area contributed by atoms with Gasteiger partial charge < -0.3 is 5.32 Å². The lowest BCUT2D eigenvalue weighted by Gasteiger charge is -2.09. The maximum absolute atomic E-state index is 5.28. The van der Waals surface area contributed by atoms with Gasteiger partial charge in [0.25, 0.3) is 0 Å². The lowest BCUT2D eigenvalue weighted by molar-refractivity contribution is 0.561. The second kappa shape index (κ2) is 5.16. The van der Waals surface area contributed by atoms with Crippen LogP contribution in [-0.2, 0) is 6.54 Å². The summed E-state index contributed by atoms with van der Waals surface area (Å²) in [6.45, 7) is 3.02. The quantitative estimate of drug-likeness (QED) is 0.792. The fourth-order valence-corrected chi connectivity index (χ4v) is 2.67. The van der Waals surface area contributed by atoms with Crippen LogP contribution in [0.4, 0.5) is 0 Å². The molecule has 0 radical (unpaired) electrons. The predicted molar refractivity (Wildman–Crippen MR) is 71.6 cm³/mol. The maximum atomic E-state index is 5.28. The third-order valence-corrected chi connectivity index (χ3v) is 3.64. The highest BCUT2D eigenvalue weighted by Crippen LogP contribution is 2.25. The molecule has 0 aliphatic rings. The van der Waals surface area contributed by atoms with Crippen molar-refractivity contribution in [3.63, 3.8) is 0 Å². The van der Waals surface area contributed by atoms with Crippen molar-refractivity contribution in [2.45, 2.75) is 25.9 Å². The van der Waals surface area contributed by atoms with E-state index in [4.69, 9.17) is 6.42 Å². The van der Waals surface area contributed by atoms with Gasteiger partial charge in [-0.15, -0.1) is 23.7 Å². The molecule has 2 heteroatoms. The second-order valence-electron chi connectivity index (χ2n) is 3.95. The number of nitrogens with one attached hydrogen (secondary N) is 1. The van der Waals surface area contributed by atoms with Crippen LogP contribution in [-0.4, -0.2) is 6.04 Å². The topological polar surface area (TPSA) is 12.0 Å². The van der Waals surface area contributed by atoms with Crippen molar-refractivity contribution in [1.82, 2.24) is 5.32 Å². The number of fused-ring (bicyclic) bond motifs is 1. The SMILES string of the molecule is C#CCC(C)NCc1csc2ccccc12. The molecule has 1 heterocycles. The summed E-state index contributed by atoms with van der Waals surface area (Å²) in [5.41, 5.74) is 1.37. The van der Waals surface area contributed by atoms with Gasteiger partial charge >= 0.3 is 0 Å². The first kappa shape index (κ1) is 11.2. The zero-order valence-electron chi connectivity index (χ0n) is 9.36. The van der Waals surface area contributed by atoms with Crippen molar-refractivity contribution in [3.05, 3.63) is 35.2 Å². The van der Waals surface area contributed by atoms with Crippen LogP contribution in [0.5, 0.6) is 0 Å². The van der Waals surface area contributed by atoms with E-state index in [2.05, 4.69) is 47.8 Å². The van der Waals surface area contributed by atoms with Crippen molar-refractivity contribution in [3.8, 4) is 12.3 Å². The Morgan fingerprint density at radius 1 is 1.44 bits per heavy atom. The minimum atomic E-state index is 0.378. The molecule has 0 saturated heterocycles. The zero-order chi connectivity index (χ0) is 11.4. The van der Waals surface area contributed by atoms with Gasteiger partial charge in [0.15, 0.2) is 0 Å². The van der Waals surface area contributed by atoms with Crippen LogP contribution in [0.25, 0.3) is 10.1 Å². The summed E-state index contributed by atoms with van der Waals surface area (Å²) < 4.78 is 1.35. The van der Waals surface area contributed by atoms with Gasteiger partial charge in [0.05, 0.1) is 0 Å². The molecule has 1 atom stereocenters. The molecule has 0 aliphatic carbocycles. The molecule has 0 fully saturated rings. The van der Waals surface area contributed by atoms with E-state index in [1.165, 1.54) is 15.6 Å². The summed E-state index contributed by atoms with van der Waals surface area (Å²) in [6, 6.07) is 8.88. The molecule has 1 nitrogen and oxygen atoms in total. The van der Waals surface area contributed by atoms with Crippen LogP contribution in [0, 0.1) is 12.3 Å². The Morgan fingerprint density at radius 2 is 2.25 bits per heavy atom. The lowest BCUT2D eigenvalue weighted by Crippen LogP contribution is -2.24. The Kier molecular flexibility index (Phi) is 3.61. The molecule has 0 saturated carbocycles. The van der Waals surface area contributed by atoms with Crippen LogP contribution >= 0.6 is 11.3 Å². The molecule has 1 aromatic carbocycles. The van der Waals surface area contributed by atoms with Crippen LogP contribution in [0.3, 0.4) is 0 Å². The highest BCUT2D eigenvalue weighted by atomic mass is 32.1.